The molecule has 10 fully saturated rings. The van der Waals surface area contributed by atoms with E-state index >= 15 is 0 Å². The third kappa shape index (κ3) is 0.0239. The predicted octanol–water partition coefficient (Wildman–Crippen LogP) is 3.68. The number of halogens is 1. The van der Waals surface area contributed by atoms with E-state index in [0.29, 0.717) is 0 Å². The zero-order chi connectivity index (χ0) is 7.01. The van der Waals surface area contributed by atoms with E-state index in [9.17, 15) is 0 Å². The van der Waals surface area contributed by atoms with Gasteiger partial charge in [0.1, 0.15) is 0 Å². The summed E-state index contributed by atoms with van der Waals surface area (Å²) in [5.41, 5.74) is 0. The first kappa shape index (κ1) is 3.86. The molecule has 65 valence electrons. The third-order valence-electron chi connectivity index (χ3n) is 13.7. The fraction of sp³-hybridized carbons (Fsp3) is 1.00. The monoisotopic (exact) mass is 267 g/mol. The SMILES string of the molecule is Br[C]12[CH]3[CH]4[CH]5[CH]1[Co]45321678[CH]2[CH]1[CH]6[CH]7[CH]28. The van der Waals surface area contributed by atoms with Crippen molar-refractivity contribution < 1.29 is 6.37 Å². The Labute approximate surface area is 69.1 Å². The first-order chi connectivity index (χ1) is 5.55. The van der Waals surface area contributed by atoms with Crippen molar-refractivity contribution in [2.45, 2.75) is 46.9 Å². The van der Waals surface area contributed by atoms with E-state index in [2.05, 4.69) is 15.9 Å². The summed E-state index contributed by atoms with van der Waals surface area (Å²) in [6, 6.07) is 0. The van der Waals surface area contributed by atoms with Gasteiger partial charge in [-0.1, -0.05) is 0 Å². The predicted molar refractivity (Wildman–Crippen MR) is 45.4 cm³/mol. The van der Waals surface area contributed by atoms with E-state index < -0.39 is 6.37 Å². The van der Waals surface area contributed by atoms with Crippen molar-refractivity contribution >= 4 is 15.9 Å². The number of alkyl halides is 1. The van der Waals surface area contributed by atoms with E-state index in [0.717, 1.165) is 3.26 Å². The molecule has 10 heterocycles. The Morgan fingerprint density at radius 2 is 1.17 bits per heavy atom. The minimum absolute atomic E-state index is 1.000. The molecule has 10 aliphatic rings. The van der Waals surface area contributed by atoms with Crippen LogP contribution in [0.1, 0.15) is 0 Å². The maximum absolute atomic E-state index is 4.33. The molecule has 0 bridgehead atoms. The first-order valence-electron chi connectivity index (χ1n) is 5.33. The molecule has 0 aliphatic carbocycles. The van der Waals surface area contributed by atoms with Crippen LogP contribution < -0.4 is 0 Å². The molecule has 10 saturated heterocycles. The molecule has 0 aromatic heterocycles. The summed E-state index contributed by atoms with van der Waals surface area (Å²) in [5.74, 6) is 0. The summed E-state index contributed by atoms with van der Waals surface area (Å²) < 4.78 is 1.000. The maximum atomic E-state index is 4.33. The Kier molecular flexibility index (Phi) is 0.0746. The molecule has 4 atom stereocenters. The molecule has 0 radical (unpaired) electrons. The Bertz CT molecular complexity index is 755. The van der Waals surface area contributed by atoms with Gasteiger partial charge in [0.15, 0.2) is 0 Å². The van der Waals surface area contributed by atoms with Crippen LogP contribution in [0.25, 0.3) is 0 Å². The van der Waals surface area contributed by atoms with Crippen molar-refractivity contribution in [3.05, 3.63) is 0 Å². The molecule has 2 heteroatoms. The first-order valence-corrected chi connectivity index (χ1v) is 12.1. The molecule has 0 nitrogen and oxygen atoms in total. The molecular weight excluding hydrogens is 259 g/mol. The molecule has 0 aromatic rings. The van der Waals surface area contributed by atoms with Gasteiger partial charge in [-0.3, -0.25) is 0 Å². The van der Waals surface area contributed by atoms with E-state index in [4.69, 9.17) is 0 Å². The Morgan fingerprint density at radius 1 is 0.750 bits per heavy atom. The quantitative estimate of drug-likeness (QED) is 0.588. The fourth-order valence-electron chi connectivity index (χ4n) is 14.9. The minimum atomic E-state index is -2.44. The van der Waals surface area contributed by atoms with Crippen LogP contribution in [-0.2, 0) is 6.37 Å². The van der Waals surface area contributed by atoms with Crippen LogP contribution in [0.2, 0.25) is 43.7 Å². The zero-order valence-corrected chi connectivity index (χ0v) is 9.03. The summed E-state index contributed by atoms with van der Waals surface area (Å²) >= 11 is 4.33. The van der Waals surface area contributed by atoms with Gasteiger partial charge >= 0.3 is 69.2 Å². The van der Waals surface area contributed by atoms with Gasteiger partial charge in [0.2, 0.25) is 0 Å². The van der Waals surface area contributed by atoms with Gasteiger partial charge in [-0.25, -0.2) is 0 Å². The second kappa shape index (κ2) is 0.232. The average molecular weight is 268 g/mol. The van der Waals surface area contributed by atoms with Crippen LogP contribution in [0.15, 0.2) is 0 Å². The number of fused-ring (bicyclic) bond motifs is 10. The molecule has 0 amide bonds. The van der Waals surface area contributed by atoms with Gasteiger partial charge in [-0.2, -0.15) is 0 Å². The van der Waals surface area contributed by atoms with Crippen LogP contribution in [0.3, 0.4) is 0 Å². The van der Waals surface area contributed by atoms with E-state index in [1.165, 1.54) is 43.7 Å². The van der Waals surface area contributed by atoms with Gasteiger partial charge in [0.25, 0.3) is 0 Å². The van der Waals surface area contributed by atoms with Gasteiger partial charge in [-0.05, 0) is 0 Å². The second-order valence-corrected chi connectivity index (χ2v) is 33.3. The summed E-state index contributed by atoms with van der Waals surface area (Å²) in [7, 11) is 0. The van der Waals surface area contributed by atoms with Crippen molar-refractivity contribution in [2.24, 2.45) is 0 Å². The van der Waals surface area contributed by atoms with Crippen LogP contribution >= 0.6 is 15.9 Å². The van der Waals surface area contributed by atoms with Gasteiger partial charge in [-0.15, -0.1) is 0 Å². The standard InChI is InChI=1S/C5H4Br.C5H5.Co/c6-5-3-1-2-4-5;1-2-4-5-3-1;/h1-4H;1-5H;. The van der Waals surface area contributed by atoms with E-state index in [1.54, 1.807) is 0 Å². The van der Waals surface area contributed by atoms with Crippen LogP contribution in [0, 0.1) is 0 Å². The van der Waals surface area contributed by atoms with Gasteiger partial charge in [0, 0.05) is 0 Å². The Hall–Kier alpha value is 0.986. The Morgan fingerprint density at radius 3 is 1.17 bits per heavy atom. The van der Waals surface area contributed by atoms with Crippen molar-refractivity contribution in [3.63, 3.8) is 0 Å². The van der Waals surface area contributed by atoms with Crippen LogP contribution in [0.5, 0.6) is 0 Å². The zero-order valence-electron chi connectivity index (χ0n) is 6.41. The fourth-order valence-corrected chi connectivity index (χ4v) is 93.8. The summed E-state index contributed by atoms with van der Waals surface area (Å²) in [6.45, 7) is 0. The van der Waals surface area contributed by atoms with Crippen molar-refractivity contribution in [1.82, 2.24) is 0 Å². The number of hydrogen-bond acceptors (Lipinski definition) is 0. The molecule has 4 unspecified atom stereocenters. The normalized spacial score (nSPS) is 164. The molecule has 12 heavy (non-hydrogen) atoms. The van der Waals surface area contributed by atoms with E-state index in [-0.39, 0.29) is 0 Å². The van der Waals surface area contributed by atoms with Crippen molar-refractivity contribution in [1.29, 1.82) is 0 Å². The molecule has 0 aromatic carbocycles. The summed E-state index contributed by atoms with van der Waals surface area (Å²) in [4.78, 5) is 13.4. The Balaban J connectivity index is 2.31. The second-order valence-electron chi connectivity index (χ2n) is 9.16. The summed E-state index contributed by atoms with van der Waals surface area (Å²) in [6.07, 6.45) is -2.44. The van der Waals surface area contributed by atoms with E-state index in [1.807, 2.05) is 0 Å². The third-order valence-corrected chi connectivity index (χ3v) is 60.4. The molecule has 0 saturated carbocycles. The summed E-state index contributed by atoms with van der Waals surface area (Å²) in [5, 5.41) is 0. The molecule has 1 spiro atoms. The average Bonchev–Trinajstić information content (AvgIpc) is 2.97. The molecule has 10 aliphatic heterocycles. The van der Waals surface area contributed by atoms with Crippen LogP contribution in [-0.4, -0.2) is 3.26 Å². The van der Waals surface area contributed by atoms with Crippen molar-refractivity contribution in [3.8, 4) is 0 Å². The van der Waals surface area contributed by atoms with Gasteiger partial charge in [0.05, 0.1) is 0 Å². The number of rotatable bonds is 0. The van der Waals surface area contributed by atoms with Crippen molar-refractivity contribution in [2.75, 3.05) is 0 Å². The topological polar surface area (TPSA) is 0 Å². The van der Waals surface area contributed by atoms with Crippen LogP contribution in [0.4, 0.5) is 0 Å². The molecule has 0 N–H and O–H groups in total. The molecule has 10 rings (SSSR count). The molecular formula is C10H9BrCo. The number of hydrogen-bond donors (Lipinski definition) is 0. The van der Waals surface area contributed by atoms with Gasteiger partial charge < -0.3 is 0 Å².